The second-order valence-electron chi connectivity index (χ2n) is 15.9. The molecule has 4 aromatic rings. The Morgan fingerprint density at radius 3 is 2.38 bits per heavy atom. The zero-order valence-electron chi connectivity index (χ0n) is 35.6. The van der Waals surface area contributed by atoms with Crippen LogP contribution >= 0.6 is 21.6 Å². The Kier molecular flexibility index (Phi) is 13.9. The number of nitrogens with zero attached hydrogens (tertiary/aromatic N) is 4. The van der Waals surface area contributed by atoms with Crippen LogP contribution in [0.25, 0.3) is 0 Å². The van der Waals surface area contributed by atoms with Gasteiger partial charge in [0.15, 0.2) is 23.0 Å². The van der Waals surface area contributed by atoms with Crippen molar-refractivity contribution in [2.45, 2.75) is 82.5 Å². The number of carbonyl (C=O) groups excluding carboxylic acids is 3. The van der Waals surface area contributed by atoms with E-state index in [-0.39, 0.29) is 28.6 Å². The lowest BCUT2D eigenvalue weighted by molar-refractivity contribution is -0.116. The summed E-state index contributed by atoms with van der Waals surface area (Å²) in [4.78, 5) is 51.9. The molecule has 0 aromatic heterocycles. The first-order chi connectivity index (χ1) is 29.5. The van der Waals surface area contributed by atoms with Crippen molar-refractivity contribution < 1.29 is 33.3 Å². The minimum atomic E-state index is -0.284. The van der Waals surface area contributed by atoms with Gasteiger partial charge in [0.05, 0.1) is 56.5 Å². The minimum Gasteiger partial charge on any atom is -0.493 e. The molecule has 3 heterocycles. The van der Waals surface area contributed by atoms with Crippen LogP contribution < -0.4 is 34.1 Å². The summed E-state index contributed by atoms with van der Waals surface area (Å²) in [5.41, 5.74) is 7.16. The monoisotopic (exact) mass is 863 g/mol. The molecule has 3 aliphatic heterocycles. The summed E-state index contributed by atoms with van der Waals surface area (Å²) < 4.78 is 23.7. The van der Waals surface area contributed by atoms with E-state index in [0.29, 0.717) is 71.7 Å². The third kappa shape index (κ3) is 10.0. The summed E-state index contributed by atoms with van der Waals surface area (Å²) in [5.74, 6) is 2.09. The Morgan fingerprint density at radius 1 is 0.918 bits per heavy atom. The maximum Gasteiger partial charge on any atom is 0.261 e. The van der Waals surface area contributed by atoms with Gasteiger partial charge in [0.1, 0.15) is 0 Å². The number of carbonyl (C=O) groups is 3. The number of aryl methyl sites for hydroxylation is 1. The summed E-state index contributed by atoms with van der Waals surface area (Å²) in [6.07, 6.45) is 11.4. The molecular weight excluding hydrogens is 811 g/mol. The summed E-state index contributed by atoms with van der Waals surface area (Å²) in [6.45, 7) is 7.16. The van der Waals surface area contributed by atoms with E-state index in [1.807, 2.05) is 72.8 Å². The van der Waals surface area contributed by atoms with Crippen LogP contribution in [0.1, 0.15) is 73.0 Å². The number of rotatable bonds is 19. The number of unbranched alkanes of at least 4 members (excludes halogenated alkanes) is 2. The van der Waals surface area contributed by atoms with Crippen LogP contribution in [0.5, 0.6) is 23.0 Å². The summed E-state index contributed by atoms with van der Waals surface area (Å²) in [7, 11) is 6.66. The van der Waals surface area contributed by atoms with Crippen molar-refractivity contribution in [1.29, 1.82) is 0 Å². The van der Waals surface area contributed by atoms with Crippen molar-refractivity contribution >= 4 is 80.7 Å². The van der Waals surface area contributed by atoms with Gasteiger partial charge in [0, 0.05) is 65.6 Å². The summed E-state index contributed by atoms with van der Waals surface area (Å²) >= 11 is 0. The highest BCUT2D eigenvalue weighted by atomic mass is 33.1. The molecule has 1 unspecified atom stereocenters. The molecule has 3 amide bonds. The fourth-order valence-electron chi connectivity index (χ4n) is 7.88. The molecule has 0 spiro atoms. The van der Waals surface area contributed by atoms with E-state index in [4.69, 9.17) is 28.9 Å². The molecule has 0 saturated heterocycles. The third-order valence-corrected chi connectivity index (χ3v) is 13.8. The quantitative estimate of drug-likeness (QED) is 0.0424. The number of fused-ring (bicyclic) bond motifs is 5. The van der Waals surface area contributed by atoms with Gasteiger partial charge in [-0.15, -0.1) is 0 Å². The molecule has 0 bridgehead atoms. The van der Waals surface area contributed by atoms with Gasteiger partial charge in [-0.25, -0.2) is 0 Å². The first-order valence-electron chi connectivity index (χ1n) is 20.6. The smallest absolute Gasteiger partial charge is 0.261 e. The number of para-hydroxylation sites is 1. The molecule has 0 aliphatic carbocycles. The third-order valence-electron chi connectivity index (χ3n) is 11.1. The number of nitrogens with one attached hydrogen (secondary N) is 1. The van der Waals surface area contributed by atoms with Crippen LogP contribution in [0.2, 0.25) is 0 Å². The van der Waals surface area contributed by atoms with Crippen LogP contribution in [-0.2, 0) is 22.4 Å². The van der Waals surface area contributed by atoms with Gasteiger partial charge in [0.25, 0.3) is 5.91 Å². The molecule has 61 heavy (non-hydrogen) atoms. The molecule has 2 atom stereocenters. The van der Waals surface area contributed by atoms with Crippen molar-refractivity contribution in [1.82, 2.24) is 0 Å². The van der Waals surface area contributed by atoms with Gasteiger partial charge in [-0.3, -0.25) is 29.3 Å². The Bertz CT molecular complexity index is 2330. The van der Waals surface area contributed by atoms with E-state index >= 15 is 0 Å². The number of amides is 3. The number of methoxy groups -OCH3 is 2. The van der Waals surface area contributed by atoms with Gasteiger partial charge in [-0.05, 0) is 99.7 Å². The first kappa shape index (κ1) is 43.6. The van der Waals surface area contributed by atoms with E-state index < -0.39 is 0 Å². The number of anilines is 3. The molecule has 0 fully saturated rings. The predicted octanol–water partition coefficient (Wildman–Crippen LogP) is 9.73. The molecule has 0 saturated carbocycles. The number of hydrogen-bond donors (Lipinski definition) is 1. The van der Waals surface area contributed by atoms with Crippen LogP contribution in [0, 0.1) is 6.92 Å². The molecule has 0 radical (unpaired) electrons. The zero-order valence-corrected chi connectivity index (χ0v) is 37.2. The number of aliphatic imine (C=N–C) groups is 2. The maximum absolute atomic E-state index is 13.7. The van der Waals surface area contributed by atoms with Gasteiger partial charge in [-0.2, -0.15) is 0 Å². The molecule has 1 N–H and O–H groups in total. The molecule has 7 rings (SSSR count). The zero-order chi connectivity index (χ0) is 43.1. The first-order valence-corrected chi connectivity index (χ1v) is 23.1. The van der Waals surface area contributed by atoms with E-state index in [2.05, 4.69) is 25.2 Å². The van der Waals surface area contributed by atoms with E-state index in [9.17, 15) is 14.4 Å². The molecule has 14 heteroatoms. The summed E-state index contributed by atoms with van der Waals surface area (Å²) in [5, 5.41) is 3.01. The van der Waals surface area contributed by atoms with E-state index in [0.717, 1.165) is 66.6 Å². The van der Waals surface area contributed by atoms with Crippen molar-refractivity contribution in [3.05, 3.63) is 89.0 Å². The fraction of sp³-hybridized carbons (Fsp3) is 0.383. The standard InChI is InChI=1S/C47H53N5O7S2/c1-30-20-41(56-4)43(25-37(30)48-27-34-21-32-14-15-33(23-40(32)51(34)29-53)50-45(54)16-17-47(2,3)61-60-6)58-18-10-7-11-19-59-44-26-38-36(24-42(44)57-5)46(55)52-35(28-49-38)22-31-12-8-9-13-39(31)52/h8-9,12-15,20,23-29,34-35H,7,10-11,16-19,21-22H2,1-6H3,(H,50,54)/t34-,35?/m0/s1. The molecule has 4 aromatic carbocycles. The lowest BCUT2D eigenvalue weighted by Gasteiger charge is -2.22. The van der Waals surface area contributed by atoms with Gasteiger partial charge < -0.3 is 29.2 Å². The topological polar surface area (TPSA) is 131 Å². The second kappa shape index (κ2) is 19.5. The van der Waals surface area contributed by atoms with Crippen molar-refractivity contribution in [2.24, 2.45) is 9.98 Å². The van der Waals surface area contributed by atoms with Gasteiger partial charge in [0.2, 0.25) is 12.3 Å². The Balaban J connectivity index is 0.906. The van der Waals surface area contributed by atoms with Crippen LogP contribution in [0.15, 0.2) is 76.7 Å². The van der Waals surface area contributed by atoms with Crippen LogP contribution in [-0.4, -0.2) is 81.2 Å². The average molecular weight is 864 g/mol. The highest BCUT2D eigenvalue weighted by Gasteiger charge is 2.36. The number of ether oxygens (including phenoxy) is 4. The van der Waals surface area contributed by atoms with Crippen molar-refractivity contribution in [3.63, 3.8) is 0 Å². The predicted molar refractivity (Wildman–Crippen MR) is 248 cm³/mol. The van der Waals surface area contributed by atoms with Crippen LogP contribution in [0.3, 0.4) is 0 Å². The average Bonchev–Trinajstić information content (AvgIpc) is 3.77. The SMILES string of the molecule is COc1cc(C)c(N=C[C@@H]2Cc3ccc(NC(=O)CCC(C)(C)SSC)cc3N2C=O)cc1OCCCCCOc1cc2c(cc1OC)C(=O)N1c3ccccc3CC1C=N2. The lowest BCUT2D eigenvalue weighted by atomic mass is 10.1. The highest BCUT2D eigenvalue weighted by Crippen LogP contribution is 2.42. The lowest BCUT2D eigenvalue weighted by Crippen LogP contribution is -2.37. The van der Waals surface area contributed by atoms with Gasteiger partial charge in [-0.1, -0.05) is 45.9 Å². The molecule has 320 valence electrons. The van der Waals surface area contributed by atoms with Crippen LogP contribution in [0.4, 0.5) is 28.4 Å². The largest absolute Gasteiger partial charge is 0.493 e. The number of hydrogen-bond acceptors (Lipinski definition) is 11. The molecule has 3 aliphatic rings. The fourth-order valence-corrected chi connectivity index (χ4v) is 10.1. The highest BCUT2D eigenvalue weighted by molar-refractivity contribution is 8.76. The van der Waals surface area contributed by atoms with E-state index in [1.165, 1.54) is 0 Å². The summed E-state index contributed by atoms with van der Waals surface area (Å²) in [6, 6.07) is 20.6. The Labute approximate surface area is 365 Å². The maximum atomic E-state index is 13.7. The molecule has 12 nitrogen and oxygen atoms in total. The van der Waals surface area contributed by atoms with Gasteiger partial charge >= 0.3 is 0 Å². The normalized spacial score (nSPS) is 16.5. The van der Waals surface area contributed by atoms with E-state index in [1.54, 1.807) is 59.1 Å². The Morgan fingerprint density at radius 2 is 1.64 bits per heavy atom. The molecular formula is C47H53N5O7S2. The van der Waals surface area contributed by atoms with Crippen molar-refractivity contribution in [3.8, 4) is 23.0 Å². The minimum absolute atomic E-state index is 0.00296. The van der Waals surface area contributed by atoms with Crippen molar-refractivity contribution in [2.75, 3.05) is 48.8 Å². The Hall–Kier alpha value is -5.47. The second-order valence-corrected chi connectivity index (χ2v) is 19.0. The number of benzene rings is 4.